The predicted octanol–water partition coefficient (Wildman–Crippen LogP) is 2.56. The van der Waals surface area contributed by atoms with Crippen LogP contribution in [0, 0.1) is 5.82 Å². The minimum atomic E-state index is -1.82. The molecule has 2 saturated heterocycles. The Morgan fingerprint density at radius 2 is 1.88 bits per heavy atom. The van der Waals surface area contributed by atoms with Crippen LogP contribution in [0.4, 0.5) is 10.1 Å². The summed E-state index contributed by atoms with van der Waals surface area (Å²) in [5.41, 5.74) is -1.01. The number of benzene rings is 2. The molecule has 3 heterocycles. The number of ketones is 1. The molecule has 2 amide bonds. The molecule has 2 aromatic carbocycles. The number of carbonyl (C=O) groups is 3. The van der Waals surface area contributed by atoms with Crippen LogP contribution in [0.3, 0.4) is 0 Å². The third-order valence-corrected chi connectivity index (χ3v) is 6.47. The molecular formula is C24H21FN2O5. The minimum absolute atomic E-state index is 0.0404. The van der Waals surface area contributed by atoms with Crippen LogP contribution in [0.15, 0.2) is 54.1 Å². The number of Topliss-reactive ketones (excluding diaryl/α,β-unsaturated/α-hetero) is 1. The molecule has 1 spiro atoms. The molecular weight excluding hydrogens is 415 g/mol. The monoisotopic (exact) mass is 436 g/mol. The molecule has 0 bridgehead atoms. The number of rotatable bonds is 3. The highest BCUT2D eigenvalue weighted by Gasteiger charge is 2.66. The zero-order valence-corrected chi connectivity index (χ0v) is 17.4. The summed E-state index contributed by atoms with van der Waals surface area (Å²) in [6.45, 7) is 0.584. The number of carbonyl (C=O) groups excluding carboxylic acids is 3. The quantitative estimate of drug-likeness (QED) is 0.454. The maximum absolute atomic E-state index is 13.8. The lowest BCUT2D eigenvalue weighted by molar-refractivity contribution is -0.145. The summed E-state index contributed by atoms with van der Waals surface area (Å²) in [5.74, 6) is -3.38. The highest BCUT2D eigenvalue weighted by Crippen LogP contribution is 2.53. The van der Waals surface area contributed by atoms with Gasteiger partial charge in [-0.2, -0.15) is 0 Å². The van der Waals surface area contributed by atoms with Crippen LogP contribution in [-0.4, -0.2) is 53.9 Å². The van der Waals surface area contributed by atoms with Crippen LogP contribution < -0.4 is 4.90 Å². The number of para-hydroxylation sites is 1. The van der Waals surface area contributed by atoms with E-state index in [9.17, 15) is 23.9 Å². The van der Waals surface area contributed by atoms with Crippen LogP contribution in [-0.2, 0) is 24.7 Å². The van der Waals surface area contributed by atoms with Gasteiger partial charge in [0, 0.05) is 37.0 Å². The number of hydrogen-bond acceptors (Lipinski definition) is 5. The molecule has 8 heteroatoms. The molecule has 0 radical (unpaired) electrons. The summed E-state index contributed by atoms with van der Waals surface area (Å²) in [6.07, 6.45) is 1.20. The highest BCUT2D eigenvalue weighted by atomic mass is 19.1. The largest absolute Gasteiger partial charge is 0.507 e. The van der Waals surface area contributed by atoms with Crippen molar-refractivity contribution in [1.29, 1.82) is 0 Å². The third-order valence-electron chi connectivity index (χ3n) is 6.47. The Labute approximate surface area is 183 Å². The van der Waals surface area contributed by atoms with E-state index in [-0.39, 0.29) is 23.8 Å². The van der Waals surface area contributed by atoms with Gasteiger partial charge in [0.25, 0.3) is 17.6 Å². The van der Waals surface area contributed by atoms with E-state index < -0.39 is 34.7 Å². The molecule has 0 unspecified atom stereocenters. The molecule has 7 nitrogen and oxygen atoms in total. The first-order chi connectivity index (χ1) is 15.4. The molecule has 0 aromatic heterocycles. The fourth-order valence-electron chi connectivity index (χ4n) is 4.97. The first-order valence-electron chi connectivity index (χ1n) is 10.4. The molecule has 32 heavy (non-hydrogen) atoms. The average Bonchev–Trinajstić information content (AvgIpc) is 3.45. The highest BCUT2D eigenvalue weighted by molar-refractivity contribution is 6.50. The Morgan fingerprint density at radius 1 is 1.16 bits per heavy atom. The Morgan fingerprint density at radius 3 is 2.56 bits per heavy atom. The van der Waals surface area contributed by atoms with Crippen molar-refractivity contribution in [2.45, 2.75) is 24.5 Å². The Kier molecular flexibility index (Phi) is 4.63. The van der Waals surface area contributed by atoms with E-state index in [4.69, 9.17) is 4.74 Å². The van der Waals surface area contributed by atoms with E-state index in [1.54, 1.807) is 31.3 Å². The van der Waals surface area contributed by atoms with Crippen LogP contribution in [0.25, 0.3) is 5.76 Å². The fourth-order valence-corrected chi connectivity index (χ4v) is 4.97. The summed E-state index contributed by atoms with van der Waals surface area (Å²) in [5, 5.41) is 11.2. The van der Waals surface area contributed by atoms with Gasteiger partial charge in [0.2, 0.25) is 0 Å². The Bertz CT molecular complexity index is 1170. The van der Waals surface area contributed by atoms with E-state index in [2.05, 4.69) is 0 Å². The maximum atomic E-state index is 13.8. The van der Waals surface area contributed by atoms with E-state index in [1.807, 2.05) is 0 Å². The van der Waals surface area contributed by atoms with E-state index in [1.165, 1.54) is 21.9 Å². The maximum Gasteiger partial charge on any atom is 0.296 e. The lowest BCUT2D eigenvalue weighted by Crippen LogP contribution is -2.53. The van der Waals surface area contributed by atoms with Gasteiger partial charge in [0.15, 0.2) is 5.54 Å². The average molecular weight is 436 g/mol. The molecule has 2 aromatic rings. The second-order valence-electron chi connectivity index (χ2n) is 8.20. The first-order valence-corrected chi connectivity index (χ1v) is 10.4. The molecule has 2 atom stereocenters. The molecule has 3 aliphatic heterocycles. The second kappa shape index (κ2) is 7.27. The molecule has 3 aliphatic rings. The van der Waals surface area contributed by atoms with Crippen LogP contribution in [0.2, 0.25) is 0 Å². The number of likely N-dealkylation sites (N-methyl/N-ethyl adjacent to an activating group) is 1. The summed E-state index contributed by atoms with van der Waals surface area (Å²) < 4.78 is 19.2. The van der Waals surface area contributed by atoms with Gasteiger partial charge in [0.05, 0.1) is 11.7 Å². The van der Waals surface area contributed by atoms with Crippen molar-refractivity contribution in [3.63, 3.8) is 0 Å². The molecule has 5 rings (SSSR count). The SMILES string of the molecule is CN1C(=O)[C@@]2(C(=C(O)c3ccc(F)cc3)C(=O)C(=O)N2C[C@H]2CCCO2)c2ccccc21. The van der Waals surface area contributed by atoms with Gasteiger partial charge in [-0.3, -0.25) is 14.4 Å². The minimum Gasteiger partial charge on any atom is -0.507 e. The van der Waals surface area contributed by atoms with Gasteiger partial charge in [-0.05, 0) is 43.2 Å². The van der Waals surface area contributed by atoms with Gasteiger partial charge < -0.3 is 19.6 Å². The number of aliphatic hydroxyl groups is 1. The topological polar surface area (TPSA) is 87.2 Å². The molecule has 0 aliphatic carbocycles. The number of halogens is 1. The lowest BCUT2D eigenvalue weighted by atomic mass is 9.81. The summed E-state index contributed by atoms with van der Waals surface area (Å²) in [4.78, 5) is 43.0. The standard InChI is InChI=1S/C24H21FN2O5/c1-26-18-7-3-2-6-17(18)24(23(26)31)19(20(28)14-8-10-15(25)11-9-14)21(29)22(30)27(24)13-16-5-4-12-32-16/h2-3,6-11,16,28H,4-5,12-13H2,1H3/t16-,24+/m1/s1. The number of ether oxygens (including phenoxy) is 1. The smallest absolute Gasteiger partial charge is 0.296 e. The van der Waals surface area contributed by atoms with Gasteiger partial charge in [-0.25, -0.2) is 4.39 Å². The zero-order valence-electron chi connectivity index (χ0n) is 17.4. The van der Waals surface area contributed by atoms with Gasteiger partial charge in [0.1, 0.15) is 11.6 Å². The molecule has 164 valence electrons. The summed E-state index contributed by atoms with van der Waals surface area (Å²) >= 11 is 0. The van der Waals surface area contributed by atoms with Crippen molar-refractivity contribution < 1.29 is 28.6 Å². The van der Waals surface area contributed by atoms with Crippen molar-refractivity contribution in [2.24, 2.45) is 0 Å². The van der Waals surface area contributed by atoms with Gasteiger partial charge in [-0.1, -0.05) is 18.2 Å². The number of fused-ring (bicyclic) bond motifs is 2. The van der Waals surface area contributed by atoms with Crippen LogP contribution >= 0.6 is 0 Å². The lowest BCUT2D eigenvalue weighted by Gasteiger charge is -2.35. The van der Waals surface area contributed by atoms with Gasteiger partial charge >= 0.3 is 0 Å². The van der Waals surface area contributed by atoms with Crippen LogP contribution in [0.1, 0.15) is 24.0 Å². The summed E-state index contributed by atoms with van der Waals surface area (Å²) in [7, 11) is 1.57. The fraction of sp³-hybridized carbons (Fsp3) is 0.292. The predicted molar refractivity (Wildman–Crippen MR) is 113 cm³/mol. The van der Waals surface area contributed by atoms with Gasteiger partial charge in [-0.15, -0.1) is 0 Å². The van der Waals surface area contributed by atoms with Crippen molar-refractivity contribution >= 4 is 29.0 Å². The normalized spacial score (nSPS) is 26.4. The van der Waals surface area contributed by atoms with E-state index >= 15 is 0 Å². The Hall–Kier alpha value is -3.52. The number of anilines is 1. The van der Waals surface area contributed by atoms with Crippen molar-refractivity contribution in [3.8, 4) is 0 Å². The number of hydrogen-bond donors (Lipinski definition) is 1. The number of nitrogens with zero attached hydrogens (tertiary/aromatic N) is 2. The Balaban J connectivity index is 1.79. The van der Waals surface area contributed by atoms with E-state index in [0.29, 0.717) is 24.3 Å². The zero-order chi connectivity index (χ0) is 22.6. The number of likely N-dealkylation sites (tertiary alicyclic amines) is 1. The molecule has 1 N–H and O–H groups in total. The van der Waals surface area contributed by atoms with E-state index in [0.717, 1.165) is 18.6 Å². The van der Waals surface area contributed by atoms with Crippen molar-refractivity contribution in [1.82, 2.24) is 4.90 Å². The molecule has 2 fully saturated rings. The molecule has 0 saturated carbocycles. The first kappa shape index (κ1) is 20.4. The van der Waals surface area contributed by atoms with Crippen LogP contribution in [0.5, 0.6) is 0 Å². The third kappa shape index (κ3) is 2.65. The summed E-state index contributed by atoms with van der Waals surface area (Å²) in [6, 6.07) is 11.8. The second-order valence-corrected chi connectivity index (χ2v) is 8.20. The van der Waals surface area contributed by atoms with Crippen molar-refractivity contribution in [2.75, 3.05) is 25.1 Å². The number of amides is 2. The van der Waals surface area contributed by atoms with Crippen molar-refractivity contribution in [3.05, 3.63) is 71.0 Å². The number of aliphatic hydroxyl groups excluding tert-OH is 1.